The number of nitrogens with two attached hydrogens (primary N) is 1. The molecule has 0 atom stereocenters. The van der Waals surface area contributed by atoms with Crippen LogP contribution >= 0.6 is 0 Å². The second-order valence-electron chi connectivity index (χ2n) is 6.21. The Balaban J connectivity index is 2.17. The molecule has 3 rings (SSSR count). The number of pyridine rings is 2. The Morgan fingerprint density at radius 3 is 2.62 bits per heavy atom. The lowest BCUT2D eigenvalue weighted by Crippen LogP contribution is -2.18. The molecular formula is C20H20N4O2. The maximum atomic E-state index is 12.5. The van der Waals surface area contributed by atoms with E-state index in [2.05, 4.69) is 10.3 Å². The number of nitrogens with one attached hydrogen (secondary N) is 1. The number of hydrogen-bond donors (Lipinski definition) is 2. The van der Waals surface area contributed by atoms with Crippen LogP contribution in [0, 0.1) is 6.92 Å². The summed E-state index contributed by atoms with van der Waals surface area (Å²) in [4.78, 5) is 27.9. The van der Waals surface area contributed by atoms with Gasteiger partial charge in [0.05, 0.1) is 5.69 Å². The maximum Gasteiger partial charge on any atom is 0.251 e. The number of benzene rings is 1. The van der Waals surface area contributed by atoms with Gasteiger partial charge in [0.15, 0.2) is 0 Å². The van der Waals surface area contributed by atoms with Gasteiger partial charge in [-0.15, -0.1) is 0 Å². The number of anilines is 2. The molecule has 0 radical (unpaired) electrons. The topological polar surface area (TPSA) is 90.0 Å². The number of aryl methyl sites for hydroxylation is 1. The molecule has 1 aromatic carbocycles. The van der Waals surface area contributed by atoms with Crippen LogP contribution in [0.15, 0.2) is 53.5 Å². The van der Waals surface area contributed by atoms with E-state index >= 15 is 0 Å². The number of aromatic nitrogens is 2. The van der Waals surface area contributed by atoms with E-state index in [0.29, 0.717) is 11.5 Å². The Kier molecular flexibility index (Phi) is 4.58. The van der Waals surface area contributed by atoms with E-state index in [4.69, 9.17) is 5.73 Å². The third-order valence-electron chi connectivity index (χ3n) is 4.20. The van der Waals surface area contributed by atoms with Gasteiger partial charge in [0.2, 0.25) is 5.91 Å². The van der Waals surface area contributed by atoms with E-state index in [9.17, 15) is 9.59 Å². The van der Waals surface area contributed by atoms with Gasteiger partial charge < -0.3 is 15.6 Å². The smallest absolute Gasteiger partial charge is 0.251 e. The van der Waals surface area contributed by atoms with Crippen LogP contribution in [-0.4, -0.2) is 15.5 Å². The molecule has 0 saturated carbocycles. The van der Waals surface area contributed by atoms with E-state index in [1.54, 1.807) is 36.0 Å². The minimum Gasteiger partial charge on any atom is -0.399 e. The van der Waals surface area contributed by atoms with Gasteiger partial charge in [-0.2, -0.15) is 0 Å². The van der Waals surface area contributed by atoms with E-state index in [1.807, 2.05) is 31.2 Å². The lowest BCUT2D eigenvalue weighted by atomic mass is 9.98. The molecule has 0 saturated heterocycles. The van der Waals surface area contributed by atoms with Crippen LogP contribution in [-0.2, 0) is 11.8 Å². The average molecular weight is 348 g/mol. The number of hydrogen-bond acceptors (Lipinski definition) is 4. The highest BCUT2D eigenvalue weighted by molar-refractivity contribution is 5.88. The van der Waals surface area contributed by atoms with Crippen LogP contribution in [0.3, 0.4) is 0 Å². The summed E-state index contributed by atoms with van der Waals surface area (Å²) in [6, 6.07) is 12.7. The van der Waals surface area contributed by atoms with Crippen molar-refractivity contribution in [1.82, 2.24) is 9.55 Å². The fourth-order valence-electron chi connectivity index (χ4n) is 2.86. The van der Waals surface area contributed by atoms with Gasteiger partial charge >= 0.3 is 0 Å². The average Bonchev–Trinajstić information content (AvgIpc) is 2.59. The van der Waals surface area contributed by atoms with Crippen molar-refractivity contribution in [3.8, 4) is 22.4 Å². The van der Waals surface area contributed by atoms with E-state index in [1.165, 1.54) is 6.92 Å². The molecule has 2 aromatic heterocycles. The van der Waals surface area contributed by atoms with Crippen molar-refractivity contribution in [3.63, 3.8) is 0 Å². The fourth-order valence-corrected chi connectivity index (χ4v) is 2.86. The van der Waals surface area contributed by atoms with Crippen molar-refractivity contribution < 1.29 is 4.79 Å². The minimum atomic E-state index is -0.201. The first-order valence-corrected chi connectivity index (χ1v) is 8.17. The monoisotopic (exact) mass is 348 g/mol. The highest BCUT2D eigenvalue weighted by atomic mass is 16.1. The molecule has 0 bridgehead atoms. The van der Waals surface area contributed by atoms with Gasteiger partial charge in [-0.05, 0) is 53.9 Å². The minimum absolute atomic E-state index is 0.128. The summed E-state index contributed by atoms with van der Waals surface area (Å²) in [5, 5.41) is 2.66. The zero-order valence-electron chi connectivity index (χ0n) is 14.9. The van der Waals surface area contributed by atoms with Crippen molar-refractivity contribution >= 4 is 17.4 Å². The predicted octanol–water partition coefficient (Wildman–Crippen LogP) is 2.96. The molecule has 6 heteroatoms. The Hall–Kier alpha value is -3.41. The number of rotatable bonds is 3. The molecular weight excluding hydrogens is 328 g/mol. The standard InChI is InChI=1S/C20H20N4O2/c1-12-4-5-16(21)11-17(12)15-8-18(24(3)20(26)10-15)14-6-7-22-19(9-14)23-13(2)25/h4-11H,21H2,1-3H3,(H,22,23,25). The summed E-state index contributed by atoms with van der Waals surface area (Å²) in [5.74, 6) is 0.237. The van der Waals surface area contributed by atoms with Gasteiger partial charge in [-0.1, -0.05) is 6.07 Å². The third-order valence-corrected chi connectivity index (χ3v) is 4.20. The van der Waals surface area contributed by atoms with Crippen molar-refractivity contribution in [3.05, 3.63) is 64.6 Å². The number of nitrogens with zero attached hydrogens (tertiary/aromatic N) is 2. The van der Waals surface area contributed by atoms with Crippen LogP contribution in [0.1, 0.15) is 12.5 Å². The molecule has 26 heavy (non-hydrogen) atoms. The first-order chi connectivity index (χ1) is 12.3. The largest absolute Gasteiger partial charge is 0.399 e. The fraction of sp³-hybridized carbons (Fsp3) is 0.150. The number of amides is 1. The van der Waals surface area contributed by atoms with Crippen molar-refractivity contribution in [2.45, 2.75) is 13.8 Å². The Bertz CT molecular complexity index is 1050. The van der Waals surface area contributed by atoms with Crippen LogP contribution in [0.5, 0.6) is 0 Å². The quantitative estimate of drug-likeness (QED) is 0.712. The van der Waals surface area contributed by atoms with Crippen molar-refractivity contribution in [1.29, 1.82) is 0 Å². The SMILES string of the molecule is CC(=O)Nc1cc(-c2cc(-c3cc(N)ccc3C)cc(=O)n2C)ccn1. The van der Waals surface area contributed by atoms with E-state index < -0.39 is 0 Å². The Morgan fingerprint density at radius 1 is 1.12 bits per heavy atom. The van der Waals surface area contributed by atoms with Gasteiger partial charge in [0.1, 0.15) is 5.82 Å². The van der Waals surface area contributed by atoms with Crippen LogP contribution < -0.4 is 16.6 Å². The van der Waals surface area contributed by atoms with Gasteiger partial charge in [0.25, 0.3) is 5.56 Å². The van der Waals surface area contributed by atoms with Crippen molar-refractivity contribution in [2.24, 2.45) is 7.05 Å². The lowest BCUT2D eigenvalue weighted by molar-refractivity contribution is -0.114. The summed E-state index contributed by atoms with van der Waals surface area (Å²) < 4.78 is 1.57. The molecule has 3 N–H and O–H groups in total. The molecule has 132 valence electrons. The molecule has 0 aliphatic heterocycles. The van der Waals surface area contributed by atoms with Crippen LogP contribution in [0.25, 0.3) is 22.4 Å². The second kappa shape index (κ2) is 6.84. The highest BCUT2D eigenvalue weighted by Gasteiger charge is 2.11. The summed E-state index contributed by atoms with van der Waals surface area (Å²) in [6.07, 6.45) is 1.60. The van der Waals surface area contributed by atoms with Gasteiger partial charge in [0, 0.05) is 37.5 Å². The predicted molar refractivity (Wildman–Crippen MR) is 104 cm³/mol. The molecule has 0 aliphatic carbocycles. The van der Waals surface area contributed by atoms with Gasteiger partial charge in [-0.3, -0.25) is 9.59 Å². The van der Waals surface area contributed by atoms with Crippen LogP contribution in [0.4, 0.5) is 11.5 Å². The van der Waals surface area contributed by atoms with E-state index in [-0.39, 0.29) is 11.5 Å². The molecule has 3 aromatic rings. The Morgan fingerprint density at radius 2 is 1.88 bits per heavy atom. The number of carbonyl (C=O) groups excluding carboxylic acids is 1. The molecule has 6 nitrogen and oxygen atoms in total. The summed E-state index contributed by atoms with van der Waals surface area (Å²) in [5.41, 5.74) is 10.7. The normalized spacial score (nSPS) is 10.6. The zero-order chi connectivity index (χ0) is 18.8. The number of carbonyl (C=O) groups is 1. The van der Waals surface area contributed by atoms with Crippen LogP contribution in [0.2, 0.25) is 0 Å². The number of nitrogen functional groups attached to an aromatic ring is 1. The summed E-state index contributed by atoms with van der Waals surface area (Å²) in [7, 11) is 1.71. The first-order valence-electron chi connectivity index (χ1n) is 8.17. The highest BCUT2D eigenvalue weighted by Crippen LogP contribution is 2.28. The summed E-state index contributed by atoms with van der Waals surface area (Å²) >= 11 is 0. The zero-order valence-corrected chi connectivity index (χ0v) is 14.9. The maximum absolute atomic E-state index is 12.5. The molecule has 1 amide bonds. The summed E-state index contributed by atoms with van der Waals surface area (Å²) in [6.45, 7) is 3.40. The molecule has 0 unspecified atom stereocenters. The van der Waals surface area contributed by atoms with Gasteiger partial charge in [-0.25, -0.2) is 4.98 Å². The molecule has 0 spiro atoms. The lowest BCUT2D eigenvalue weighted by Gasteiger charge is -2.13. The van der Waals surface area contributed by atoms with Crippen molar-refractivity contribution in [2.75, 3.05) is 11.1 Å². The molecule has 2 heterocycles. The molecule has 0 fully saturated rings. The third kappa shape index (κ3) is 3.49. The Labute approximate surface area is 151 Å². The molecule has 0 aliphatic rings. The second-order valence-corrected chi connectivity index (χ2v) is 6.21. The first kappa shape index (κ1) is 17.4. The van der Waals surface area contributed by atoms with E-state index in [0.717, 1.165) is 27.9 Å².